The Hall–Kier alpha value is -2.88. The summed E-state index contributed by atoms with van der Waals surface area (Å²) in [5.74, 6) is 0.440. The molecule has 6 heterocycles. The lowest BCUT2D eigenvalue weighted by atomic mass is 9.94. The van der Waals surface area contributed by atoms with Gasteiger partial charge in [0.15, 0.2) is 11.4 Å². The summed E-state index contributed by atoms with van der Waals surface area (Å²) in [4.78, 5) is 17.6. The van der Waals surface area contributed by atoms with Gasteiger partial charge in [-0.1, -0.05) is 0 Å². The van der Waals surface area contributed by atoms with Crippen molar-refractivity contribution >= 4 is 41.0 Å². The lowest BCUT2D eigenvalue weighted by molar-refractivity contribution is -0.480. The molecular weight excluding hydrogens is 424 g/mol. The largest absolute Gasteiger partial charge is 0.340 e. The van der Waals surface area contributed by atoms with E-state index in [2.05, 4.69) is 62.9 Å². The third-order valence-electron chi connectivity index (χ3n) is 6.41. The molecule has 1 N–H and O–H groups in total. The highest BCUT2D eigenvalue weighted by molar-refractivity contribution is 8.02. The number of aryl methyl sites for hydroxylation is 2. The second-order valence-electron chi connectivity index (χ2n) is 8.59. The van der Waals surface area contributed by atoms with E-state index >= 15 is 0 Å². The standard InChI is InChI=1S/C8H13N3O.C7H9N3.C7H9N2S/c1-4-6-5(2)11(3)8(12)7(6)10-9-4;1-6-5-8-10-4-3-9(2)7(6)10;1-5-3-8-7-9(5)6(2)4-10-7/h5-7,10H,1-3H3;3-5H,1-2H3;3-4,7H,1-2H3/q;;+1. The molecule has 0 radical (unpaired) electrons. The molecule has 10 heteroatoms. The number of likely N-dealkylation sites (tertiary alicyclic amines) is 1. The van der Waals surface area contributed by atoms with E-state index in [1.165, 1.54) is 22.6 Å². The molecule has 4 unspecified atom stereocenters. The number of fused-ring (bicyclic) bond motifs is 3. The Kier molecular flexibility index (Phi) is 5.98. The van der Waals surface area contributed by atoms with Crippen molar-refractivity contribution in [2.75, 3.05) is 7.05 Å². The third-order valence-corrected chi connectivity index (χ3v) is 7.46. The van der Waals surface area contributed by atoms with Gasteiger partial charge in [0, 0.05) is 69.0 Å². The van der Waals surface area contributed by atoms with Crippen LogP contribution in [0.3, 0.4) is 0 Å². The number of carbonyl (C=O) groups excluding carboxylic acids is 1. The first-order valence-corrected chi connectivity index (χ1v) is 11.6. The molecule has 2 aromatic heterocycles. The van der Waals surface area contributed by atoms with Crippen LogP contribution in [0.25, 0.3) is 5.65 Å². The van der Waals surface area contributed by atoms with Crippen molar-refractivity contribution in [2.45, 2.75) is 52.2 Å². The normalized spacial score (nSPS) is 27.5. The van der Waals surface area contributed by atoms with Crippen LogP contribution in [-0.4, -0.2) is 71.8 Å². The van der Waals surface area contributed by atoms with Gasteiger partial charge in [-0.25, -0.2) is 9.51 Å². The van der Waals surface area contributed by atoms with Gasteiger partial charge in [-0.15, -0.1) is 0 Å². The molecule has 0 saturated carbocycles. The molecule has 32 heavy (non-hydrogen) atoms. The van der Waals surface area contributed by atoms with E-state index in [1.807, 2.05) is 50.3 Å². The van der Waals surface area contributed by atoms with Crippen LogP contribution in [-0.2, 0) is 11.8 Å². The minimum atomic E-state index is -0.0926. The van der Waals surface area contributed by atoms with Crippen LogP contribution in [0, 0.1) is 12.8 Å². The highest BCUT2D eigenvalue weighted by atomic mass is 32.2. The number of hydrazone groups is 1. The Morgan fingerprint density at radius 2 is 1.91 bits per heavy atom. The molecule has 2 aromatic rings. The van der Waals surface area contributed by atoms with Gasteiger partial charge in [0.05, 0.1) is 12.4 Å². The summed E-state index contributed by atoms with van der Waals surface area (Å²) in [6, 6.07) is 0.186. The average molecular weight is 456 g/mol. The second kappa shape index (κ2) is 8.57. The number of carbonyl (C=O) groups is 1. The Bertz CT molecular complexity index is 1140. The SMILES string of the molecule is CC1=CSC2N=CC(C)=[N+]12.CC1=NNC2C(=O)N(C)C(C)C12.Cc1cnn2ccn(C)c12. The van der Waals surface area contributed by atoms with Crippen LogP contribution in [0.15, 0.2) is 39.8 Å². The molecule has 1 amide bonds. The fraction of sp³-hybridized carbons (Fsp3) is 0.500. The summed E-state index contributed by atoms with van der Waals surface area (Å²) in [6.45, 7) is 10.3. The summed E-state index contributed by atoms with van der Waals surface area (Å²) >= 11 is 1.77. The number of nitrogens with zero attached hydrogens (tertiary/aromatic N) is 7. The Labute approximate surface area is 192 Å². The molecule has 0 spiro atoms. The molecule has 1 saturated heterocycles. The number of aliphatic imine (C=N–C) groups is 1. The smallest absolute Gasteiger partial charge is 0.304 e. The lowest BCUT2D eigenvalue weighted by Crippen LogP contribution is -2.34. The van der Waals surface area contributed by atoms with Crippen LogP contribution in [0.1, 0.15) is 33.3 Å². The maximum absolute atomic E-state index is 11.5. The highest BCUT2D eigenvalue weighted by Crippen LogP contribution is 2.30. The van der Waals surface area contributed by atoms with Gasteiger partial charge >= 0.3 is 5.50 Å². The zero-order chi connectivity index (χ0) is 23.2. The number of rotatable bonds is 0. The van der Waals surface area contributed by atoms with E-state index in [4.69, 9.17) is 0 Å². The first-order chi connectivity index (χ1) is 15.2. The number of nitrogens with one attached hydrogen (secondary N) is 1. The monoisotopic (exact) mass is 455 g/mol. The molecule has 9 nitrogen and oxygen atoms in total. The third kappa shape index (κ3) is 3.76. The lowest BCUT2D eigenvalue weighted by Gasteiger charge is -2.18. The number of thioether (sulfide) groups is 1. The minimum absolute atomic E-state index is 0.0926. The highest BCUT2D eigenvalue weighted by Gasteiger charge is 2.48. The number of aromatic nitrogens is 3. The van der Waals surface area contributed by atoms with Crippen LogP contribution in [0.5, 0.6) is 0 Å². The molecule has 0 aromatic carbocycles. The van der Waals surface area contributed by atoms with E-state index in [-0.39, 0.29) is 23.9 Å². The van der Waals surface area contributed by atoms with E-state index in [1.54, 1.807) is 16.7 Å². The van der Waals surface area contributed by atoms with E-state index < -0.39 is 0 Å². The number of imidazole rings is 1. The van der Waals surface area contributed by atoms with Crippen LogP contribution in [0.4, 0.5) is 0 Å². The first kappa shape index (κ1) is 22.3. The molecule has 6 rings (SSSR count). The van der Waals surface area contributed by atoms with Gasteiger partial charge in [-0.2, -0.15) is 14.8 Å². The topological polar surface area (TPSA) is 82.3 Å². The molecule has 0 aliphatic carbocycles. The molecule has 0 bridgehead atoms. The quantitative estimate of drug-likeness (QED) is 0.618. The van der Waals surface area contributed by atoms with Crippen molar-refractivity contribution in [2.24, 2.45) is 23.1 Å². The predicted molar refractivity (Wildman–Crippen MR) is 129 cm³/mol. The van der Waals surface area contributed by atoms with Crippen molar-refractivity contribution in [1.29, 1.82) is 0 Å². The zero-order valence-electron chi connectivity index (χ0n) is 19.6. The van der Waals surface area contributed by atoms with Crippen LogP contribution >= 0.6 is 11.8 Å². The fourth-order valence-corrected chi connectivity index (χ4v) is 5.55. The van der Waals surface area contributed by atoms with Crippen LogP contribution < -0.4 is 5.43 Å². The average Bonchev–Trinajstić information content (AvgIpc) is 3.58. The number of likely N-dealkylation sites (N-methyl/N-ethyl adjacent to an activating group) is 1. The molecular formula is C22H31N8OS+. The molecule has 4 atom stereocenters. The Morgan fingerprint density at radius 3 is 2.56 bits per heavy atom. The van der Waals surface area contributed by atoms with Crippen molar-refractivity contribution in [3.8, 4) is 0 Å². The van der Waals surface area contributed by atoms with Gasteiger partial charge in [0.1, 0.15) is 11.7 Å². The van der Waals surface area contributed by atoms with Crippen LogP contribution in [0.2, 0.25) is 0 Å². The second-order valence-corrected chi connectivity index (χ2v) is 9.52. The molecule has 1 fully saturated rings. The van der Waals surface area contributed by atoms with Gasteiger partial charge in [0.25, 0.3) is 0 Å². The number of allylic oxidation sites excluding steroid dienone is 1. The fourth-order valence-electron chi connectivity index (χ4n) is 4.53. The van der Waals surface area contributed by atoms with E-state index in [0.717, 1.165) is 5.71 Å². The maximum atomic E-state index is 11.5. The maximum Gasteiger partial charge on any atom is 0.304 e. The summed E-state index contributed by atoms with van der Waals surface area (Å²) in [5, 5.41) is 10.4. The summed E-state index contributed by atoms with van der Waals surface area (Å²) in [5.41, 5.74) is 9.19. The van der Waals surface area contributed by atoms with Crippen molar-refractivity contribution in [1.82, 2.24) is 24.5 Å². The van der Waals surface area contributed by atoms with Crippen molar-refractivity contribution < 1.29 is 9.37 Å². The van der Waals surface area contributed by atoms with Gasteiger partial charge in [-0.05, 0) is 32.5 Å². The van der Waals surface area contributed by atoms with Gasteiger partial charge in [0.2, 0.25) is 5.91 Å². The number of amides is 1. The number of hydrogen-bond donors (Lipinski definition) is 1. The minimum Gasteiger partial charge on any atom is -0.340 e. The summed E-state index contributed by atoms with van der Waals surface area (Å²) in [7, 11) is 3.87. The predicted octanol–water partition coefficient (Wildman–Crippen LogP) is 2.23. The van der Waals surface area contributed by atoms with E-state index in [0.29, 0.717) is 5.50 Å². The molecule has 170 valence electrons. The Morgan fingerprint density at radius 1 is 1.16 bits per heavy atom. The van der Waals surface area contributed by atoms with E-state index in [9.17, 15) is 4.79 Å². The van der Waals surface area contributed by atoms with Crippen molar-refractivity contribution in [3.05, 3.63) is 35.3 Å². The zero-order valence-corrected chi connectivity index (χ0v) is 20.5. The summed E-state index contributed by atoms with van der Waals surface area (Å²) in [6.07, 6.45) is 7.75. The molecule has 4 aliphatic rings. The Balaban J connectivity index is 0.000000115. The van der Waals surface area contributed by atoms with Gasteiger partial charge < -0.3 is 9.47 Å². The first-order valence-electron chi connectivity index (χ1n) is 10.7. The molecule has 4 aliphatic heterocycles. The number of hydrogen-bond acceptors (Lipinski definition) is 6. The van der Waals surface area contributed by atoms with Crippen molar-refractivity contribution in [3.63, 3.8) is 0 Å². The van der Waals surface area contributed by atoms with Gasteiger partial charge in [-0.3, -0.25) is 10.2 Å². The summed E-state index contributed by atoms with van der Waals surface area (Å²) < 4.78 is 6.17.